The Morgan fingerprint density at radius 2 is 1.56 bits per heavy atom. The molecule has 4 unspecified atom stereocenters. The van der Waals surface area contributed by atoms with Crippen molar-refractivity contribution < 1.29 is 30.7 Å². The molecular formula is C22H26F7N3. The molecule has 0 radical (unpaired) electrons. The number of nitrogens with one attached hydrogen (secondary N) is 1. The molecule has 1 N–H and O–H groups in total. The fourth-order valence-electron chi connectivity index (χ4n) is 6.05. The average Bonchev–Trinajstić information content (AvgIpc) is 3.15. The number of aliphatic imine (C=N–C) groups is 1. The zero-order valence-corrected chi connectivity index (χ0v) is 18.2. The first-order valence-electron chi connectivity index (χ1n) is 10.5. The average molecular weight is 465 g/mol. The molecule has 2 fully saturated rings. The minimum absolute atomic E-state index is 0.0180. The van der Waals surface area contributed by atoms with Gasteiger partial charge in [-0.25, -0.2) is 9.38 Å². The number of hydrogen-bond donors (Lipinski definition) is 1. The molecule has 32 heavy (non-hydrogen) atoms. The summed E-state index contributed by atoms with van der Waals surface area (Å²) < 4.78 is 98.8. The van der Waals surface area contributed by atoms with E-state index in [1.165, 1.54) is 7.05 Å². The molecule has 1 aromatic rings. The van der Waals surface area contributed by atoms with Crippen molar-refractivity contribution in [1.29, 1.82) is 0 Å². The molecule has 4 atom stereocenters. The molecule has 2 aliphatic carbocycles. The van der Waals surface area contributed by atoms with E-state index >= 15 is 0 Å². The van der Waals surface area contributed by atoms with Crippen molar-refractivity contribution in [2.75, 3.05) is 7.05 Å². The Bertz CT molecular complexity index is 905. The van der Waals surface area contributed by atoms with Gasteiger partial charge in [-0.15, -0.1) is 0 Å². The highest BCUT2D eigenvalue weighted by molar-refractivity contribution is 6.00. The number of alkyl halides is 6. The maximum atomic E-state index is 14.2. The molecule has 1 aliphatic heterocycles. The lowest BCUT2D eigenvalue weighted by atomic mass is 9.69. The van der Waals surface area contributed by atoms with Crippen molar-refractivity contribution in [1.82, 2.24) is 10.2 Å². The summed E-state index contributed by atoms with van der Waals surface area (Å²) in [5, 5.41) is 2.77. The van der Waals surface area contributed by atoms with Gasteiger partial charge in [-0.2, -0.15) is 26.3 Å². The van der Waals surface area contributed by atoms with Crippen molar-refractivity contribution in [3.63, 3.8) is 0 Å². The van der Waals surface area contributed by atoms with Gasteiger partial charge in [0.25, 0.3) is 5.54 Å². The van der Waals surface area contributed by atoms with Crippen LogP contribution >= 0.6 is 0 Å². The minimum atomic E-state index is -5.70. The maximum Gasteiger partial charge on any atom is 0.426 e. The Labute approximate surface area is 182 Å². The summed E-state index contributed by atoms with van der Waals surface area (Å²) in [5.74, 6) is -0.912. The van der Waals surface area contributed by atoms with Crippen LogP contribution in [0, 0.1) is 22.6 Å². The predicted molar refractivity (Wildman–Crippen MR) is 105 cm³/mol. The molecule has 1 aromatic carbocycles. The van der Waals surface area contributed by atoms with Crippen molar-refractivity contribution in [2.45, 2.75) is 70.1 Å². The smallest absolute Gasteiger partial charge is 0.341 e. The van der Waals surface area contributed by atoms with Crippen molar-refractivity contribution in [3.05, 3.63) is 35.6 Å². The van der Waals surface area contributed by atoms with Crippen molar-refractivity contribution >= 4 is 5.84 Å². The Balaban J connectivity index is 1.81. The Morgan fingerprint density at radius 1 is 1.00 bits per heavy atom. The number of fused-ring (bicyclic) bond motifs is 2. The molecule has 0 saturated heterocycles. The number of benzene rings is 1. The second kappa shape index (κ2) is 6.84. The van der Waals surface area contributed by atoms with E-state index in [0.29, 0.717) is 6.42 Å². The highest BCUT2D eigenvalue weighted by Gasteiger charge is 2.79. The molecule has 1 heterocycles. The van der Waals surface area contributed by atoms with Crippen LogP contribution in [0.25, 0.3) is 0 Å². The molecule has 0 amide bonds. The van der Waals surface area contributed by atoms with Gasteiger partial charge in [-0.3, -0.25) is 5.32 Å². The summed E-state index contributed by atoms with van der Waals surface area (Å²) in [7, 11) is 1.17. The number of nitrogens with zero attached hydrogens (tertiary/aromatic N) is 2. The molecule has 2 bridgehead atoms. The van der Waals surface area contributed by atoms with Crippen LogP contribution in [0.1, 0.15) is 45.6 Å². The molecule has 2 saturated carbocycles. The summed E-state index contributed by atoms with van der Waals surface area (Å²) in [6.45, 7) is 6.01. The van der Waals surface area contributed by atoms with Crippen molar-refractivity contribution in [3.8, 4) is 0 Å². The SMILES string of the molecule is CN1C(c2ccc(F)cc2)=NC(C(F)(F)F)(C(F)(F)F)C1NC1CC2CCC1(C)C2(C)C. The number of halogens is 7. The third kappa shape index (κ3) is 2.93. The summed E-state index contributed by atoms with van der Waals surface area (Å²) in [5.41, 5.74) is -5.02. The van der Waals surface area contributed by atoms with Crippen LogP contribution in [0.4, 0.5) is 30.7 Å². The van der Waals surface area contributed by atoms with Gasteiger partial charge in [0.2, 0.25) is 0 Å². The largest absolute Gasteiger partial charge is 0.426 e. The van der Waals surface area contributed by atoms with Gasteiger partial charge >= 0.3 is 12.4 Å². The zero-order chi connectivity index (χ0) is 23.9. The fourth-order valence-corrected chi connectivity index (χ4v) is 6.05. The highest BCUT2D eigenvalue weighted by Crippen LogP contribution is 2.66. The van der Waals surface area contributed by atoms with E-state index < -0.39 is 47.2 Å². The van der Waals surface area contributed by atoms with Crippen LogP contribution in [0.5, 0.6) is 0 Å². The van der Waals surface area contributed by atoms with Gasteiger partial charge < -0.3 is 4.90 Å². The van der Waals surface area contributed by atoms with Gasteiger partial charge in [0.1, 0.15) is 17.8 Å². The Morgan fingerprint density at radius 3 is 2.00 bits per heavy atom. The lowest BCUT2D eigenvalue weighted by molar-refractivity contribution is -0.306. The van der Waals surface area contributed by atoms with E-state index in [1.54, 1.807) is 0 Å². The highest BCUT2D eigenvalue weighted by atomic mass is 19.4. The monoisotopic (exact) mass is 465 g/mol. The minimum Gasteiger partial charge on any atom is -0.341 e. The summed E-state index contributed by atoms with van der Waals surface area (Å²) in [4.78, 5) is 4.19. The molecule has 10 heteroatoms. The van der Waals surface area contributed by atoms with Gasteiger partial charge in [0, 0.05) is 18.7 Å². The topological polar surface area (TPSA) is 27.6 Å². The number of hydrogen-bond acceptors (Lipinski definition) is 3. The van der Waals surface area contributed by atoms with E-state index in [9.17, 15) is 30.7 Å². The van der Waals surface area contributed by atoms with Crippen molar-refractivity contribution in [2.24, 2.45) is 21.7 Å². The Hall–Kier alpha value is -1.84. The second-order valence-corrected chi connectivity index (χ2v) is 10.0. The molecule has 4 rings (SSSR count). The van der Waals surface area contributed by atoms with Gasteiger partial charge in [-0.1, -0.05) is 20.8 Å². The van der Waals surface area contributed by atoms with Gasteiger partial charge in [0.05, 0.1) is 0 Å². The van der Waals surface area contributed by atoms with E-state index in [2.05, 4.69) is 10.3 Å². The van der Waals surface area contributed by atoms with Crippen LogP contribution in [0.15, 0.2) is 29.3 Å². The lowest BCUT2D eigenvalue weighted by Crippen LogP contribution is -2.70. The Kier molecular flexibility index (Phi) is 4.98. The molecule has 3 aliphatic rings. The van der Waals surface area contributed by atoms with Crippen LogP contribution in [-0.4, -0.2) is 47.9 Å². The first-order chi connectivity index (χ1) is 14.6. The quantitative estimate of drug-likeness (QED) is 0.596. The lowest BCUT2D eigenvalue weighted by Gasteiger charge is -2.45. The zero-order valence-electron chi connectivity index (χ0n) is 18.2. The number of amidine groups is 1. The first kappa shape index (κ1) is 23.3. The fraction of sp³-hybridized carbons (Fsp3) is 0.682. The van der Waals surface area contributed by atoms with E-state index in [0.717, 1.165) is 42.0 Å². The molecule has 178 valence electrons. The summed E-state index contributed by atoms with van der Waals surface area (Å²) >= 11 is 0. The van der Waals surface area contributed by atoms with Gasteiger partial charge in [0.15, 0.2) is 0 Å². The van der Waals surface area contributed by atoms with Crippen LogP contribution < -0.4 is 5.32 Å². The summed E-state index contributed by atoms with van der Waals surface area (Å²) in [6, 6.07) is 3.69. The molecule has 3 nitrogen and oxygen atoms in total. The predicted octanol–water partition coefficient (Wildman–Crippen LogP) is 5.51. The maximum absolute atomic E-state index is 14.2. The normalized spacial score (nSPS) is 33.7. The standard InChI is InChI=1S/C22H26F7N3/c1-18(2)13-9-10-19(18,3)15(11-13)30-17-20(21(24,25)26,22(27,28)29)31-16(32(17)4)12-5-7-14(23)8-6-12/h5-8,13,15,17,30H,9-11H2,1-4H3. The van der Waals surface area contributed by atoms with E-state index in [-0.39, 0.29) is 16.9 Å². The molecular weight excluding hydrogens is 439 g/mol. The van der Waals surface area contributed by atoms with Gasteiger partial charge in [-0.05, 0) is 60.3 Å². The third-order valence-corrected chi connectivity index (χ3v) is 8.52. The van der Waals surface area contributed by atoms with Crippen LogP contribution in [0.3, 0.4) is 0 Å². The summed E-state index contributed by atoms with van der Waals surface area (Å²) in [6.07, 6.45) is -11.4. The van der Waals surface area contributed by atoms with E-state index in [4.69, 9.17) is 0 Å². The second-order valence-electron chi connectivity index (χ2n) is 10.0. The number of likely N-dealkylation sites (N-methyl/N-ethyl adjacent to an activating group) is 1. The number of rotatable bonds is 3. The van der Waals surface area contributed by atoms with E-state index in [1.807, 2.05) is 20.8 Å². The molecule has 0 aromatic heterocycles. The van der Waals surface area contributed by atoms with Crippen LogP contribution in [0.2, 0.25) is 0 Å². The van der Waals surface area contributed by atoms with Crippen LogP contribution in [-0.2, 0) is 0 Å². The molecule has 0 spiro atoms. The first-order valence-corrected chi connectivity index (χ1v) is 10.5. The third-order valence-electron chi connectivity index (χ3n) is 8.52.